The Balaban J connectivity index is 2.03. The monoisotopic (exact) mass is 408 g/mol. The molecule has 4 N–H and O–H groups in total. The third kappa shape index (κ3) is 2.13. The molecule has 0 unspecified atom stereocenters. The summed E-state index contributed by atoms with van der Waals surface area (Å²) in [7, 11) is 0. The molecule has 164 valence electrons. The zero-order chi connectivity index (χ0) is 21.9. The quantitative estimate of drug-likeness (QED) is 0.454. The van der Waals surface area contributed by atoms with Crippen LogP contribution in [0, 0.1) is 28.1 Å². The van der Waals surface area contributed by atoms with Crippen molar-refractivity contribution in [2.75, 3.05) is 6.61 Å². The van der Waals surface area contributed by atoms with E-state index in [1.54, 1.807) is 13.8 Å². The molecule has 0 aromatic rings. The summed E-state index contributed by atoms with van der Waals surface area (Å²) in [6, 6.07) is 0. The van der Waals surface area contributed by atoms with Crippen LogP contribution in [-0.2, 0) is 9.53 Å². The number of hydrogen-bond acceptors (Lipinski definition) is 6. The van der Waals surface area contributed by atoms with E-state index in [9.17, 15) is 25.2 Å². The van der Waals surface area contributed by atoms with Crippen LogP contribution in [0.15, 0.2) is 11.1 Å². The van der Waals surface area contributed by atoms with E-state index in [-0.39, 0.29) is 6.42 Å². The molecule has 0 aromatic carbocycles. The van der Waals surface area contributed by atoms with Crippen LogP contribution in [0.25, 0.3) is 0 Å². The van der Waals surface area contributed by atoms with Crippen molar-refractivity contribution in [2.45, 2.75) is 90.8 Å². The van der Waals surface area contributed by atoms with Crippen LogP contribution in [0.2, 0.25) is 0 Å². The average molecular weight is 409 g/mol. The highest BCUT2D eigenvalue weighted by molar-refractivity contribution is 5.93. The fraction of sp³-hybridized carbons (Fsp3) is 0.870. The number of Topliss-reactive ketones (excluding diaryl/α,β-unsaturated/α-hetero) is 1. The van der Waals surface area contributed by atoms with Crippen molar-refractivity contribution < 1.29 is 30.0 Å². The highest BCUT2D eigenvalue weighted by atomic mass is 16.5. The molecule has 6 heteroatoms. The molecule has 3 aliphatic carbocycles. The molecule has 0 aromatic heterocycles. The van der Waals surface area contributed by atoms with Crippen molar-refractivity contribution in [3.63, 3.8) is 0 Å². The summed E-state index contributed by atoms with van der Waals surface area (Å²) >= 11 is 0. The first-order chi connectivity index (χ1) is 13.1. The first-order valence-corrected chi connectivity index (χ1v) is 10.8. The summed E-state index contributed by atoms with van der Waals surface area (Å²) in [4.78, 5) is 13.8. The highest BCUT2D eigenvalue weighted by Crippen LogP contribution is 2.69. The van der Waals surface area contributed by atoms with Gasteiger partial charge < -0.3 is 25.2 Å². The van der Waals surface area contributed by atoms with Gasteiger partial charge in [0.05, 0.1) is 35.4 Å². The van der Waals surface area contributed by atoms with Gasteiger partial charge in [-0.3, -0.25) is 4.79 Å². The fourth-order valence-electron chi connectivity index (χ4n) is 7.72. The van der Waals surface area contributed by atoms with Crippen LogP contribution >= 0.6 is 0 Å². The predicted molar refractivity (Wildman–Crippen MR) is 107 cm³/mol. The Bertz CT molecular complexity index is 803. The molecule has 4 rings (SSSR count). The van der Waals surface area contributed by atoms with E-state index < -0.39 is 63.4 Å². The summed E-state index contributed by atoms with van der Waals surface area (Å²) in [6.07, 6.45) is -2.96. The lowest BCUT2D eigenvalue weighted by Crippen LogP contribution is -2.78. The molecular formula is C23H36O6. The molecule has 1 heterocycles. The van der Waals surface area contributed by atoms with Crippen LogP contribution in [0.3, 0.4) is 0 Å². The highest BCUT2D eigenvalue weighted by Gasteiger charge is 2.75. The van der Waals surface area contributed by atoms with Crippen LogP contribution in [0.5, 0.6) is 0 Å². The van der Waals surface area contributed by atoms with Crippen LogP contribution in [0.4, 0.5) is 0 Å². The Hall–Kier alpha value is -0.790. The summed E-state index contributed by atoms with van der Waals surface area (Å²) in [6.45, 7) is 13.6. The van der Waals surface area contributed by atoms with Crippen molar-refractivity contribution >= 4 is 5.78 Å². The van der Waals surface area contributed by atoms with Gasteiger partial charge in [0.15, 0.2) is 5.78 Å². The van der Waals surface area contributed by atoms with Gasteiger partial charge in [0.25, 0.3) is 0 Å². The van der Waals surface area contributed by atoms with E-state index in [1.807, 2.05) is 27.7 Å². The topological polar surface area (TPSA) is 107 Å². The van der Waals surface area contributed by atoms with Crippen molar-refractivity contribution in [3.05, 3.63) is 11.1 Å². The minimum absolute atomic E-state index is 0.133. The van der Waals surface area contributed by atoms with E-state index in [2.05, 4.69) is 6.92 Å². The Morgan fingerprint density at radius 2 is 1.62 bits per heavy atom. The van der Waals surface area contributed by atoms with Gasteiger partial charge in [0, 0.05) is 23.7 Å². The number of rotatable bonds is 0. The molecular weight excluding hydrogens is 372 g/mol. The predicted octanol–water partition coefficient (Wildman–Crippen LogP) is 1.59. The Morgan fingerprint density at radius 1 is 1.03 bits per heavy atom. The van der Waals surface area contributed by atoms with E-state index in [0.717, 1.165) is 0 Å². The van der Waals surface area contributed by atoms with E-state index in [0.29, 0.717) is 24.2 Å². The minimum Gasteiger partial charge on any atom is -0.392 e. The first-order valence-electron chi connectivity index (χ1n) is 10.8. The fourth-order valence-corrected chi connectivity index (χ4v) is 7.72. The Morgan fingerprint density at radius 3 is 2.14 bits per heavy atom. The smallest absolute Gasteiger partial charge is 0.174 e. The molecule has 0 spiro atoms. The van der Waals surface area contributed by atoms with Crippen LogP contribution in [0.1, 0.15) is 61.3 Å². The van der Waals surface area contributed by atoms with Gasteiger partial charge in [-0.2, -0.15) is 0 Å². The second kappa shape index (κ2) is 5.71. The zero-order valence-corrected chi connectivity index (χ0v) is 18.6. The molecule has 0 amide bonds. The van der Waals surface area contributed by atoms with Crippen LogP contribution < -0.4 is 0 Å². The molecule has 29 heavy (non-hydrogen) atoms. The molecule has 3 fully saturated rings. The minimum atomic E-state index is -1.48. The largest absolute Gasteiger partial charge is 0.392 e. The van der Waals surface area contributed by atoms with Gasteiger partial charge >= 0.3 is 0 Å². The number of carbonyl (C=O) groups excluding carboxylic acids is 1. The number of ether oxygens (including phenoxy) is 1. The average Bonchev–Trinajstić information content (AvgIpc) is 2.62. The number of ketones is 1. The van der Waals surface area contributed by atoms with Gasteiger partial charge in [0.2, 0.25) is 0 Å². The maximum Gasteiger partial charge on any atom is 0.174 e. The number of hydrogen-bond donors (Lipinski definition) is 4. The Labute approximate surface area is 173 Å². The first kappa shape index (κ1) is 21.4. The number of aliphatic hydroxyl groups excluding tert-OH is 3. The van der Waals surface area contributed by atoms with E-state index >= 15 is 0 Å². The van der Waals surface area contributed by atoms with Crippen molar-refractivity contribution in [2.24, 2.45) is 28.1 Å². The van der Waals surface area contributed by atoms with Gasteiger partial charge in [-0.1, -0.05) is 27.7 Å². The standard InChI is InChI=1S/C23H36O6/c1-11-13(24)8-23(28)12(2)17-20(5)10-29-21(20,6)9-14(25)22(17,7)18(27)16(26)15(11)19(23,3)4/h12-14,16-17,24-26,28H,8-10H2,1-7H3/t12-,13-,14-,16+,17+,20-,21+,22+,23+/m0/s1. The van der Waals surface area contributed by atoms with Gasteiger partial charge in [-0.15, -0.1) is 0 Å². The lowest BCUT2D eigenvalue weighted by atomic mass is 9.38. The van der Waals surface area contributed by atoms with Crippen LogP contribution in [-0.4, -0.2) is 62.3 Å². The SMILES string of the molecule is CC1=C2[C@@H](O)C(=O)[C@]3(C)[C@@H](O)C[C@@]4(C)OC[C@@]4(C)[C@H]3[C@H](C)[C@](O)(C[C@@H]1O)C2(C)C. The molecule has 1 saturated heterocycles. The number of carbonyl (C=O) groups is 1. The van der Waals surface area contributed by atoms with Crippen molar-refractivity contribution in [1.29, 1.82) is 0 Å². The second-order valence-corrected chi connectivity index (χ2v) is 11.3. The maximum absolute atomic E-state index is 13.8. The molecule has 1 aliphatic heterocycles. The Kier molecular flexibility index (Phi) is 4.22. The molecule has 4 aliphatic rings. The lowest BCUT2D eigenvalue weighted by molar-refractivity contribution is -0.346. The molecule has 6 nitrogen and oxygen atoms in total. The van der Waals surface area contributed by atoms with E-state index in [4.69, 9.17) is 4.74 Å². The molecule has 2 saturated carbocycles. The molecule has 9 atom stereocenters. The summed E-state index contributed by atoms with van der Waals surface area (Å²) < 4.78 is 5.92. The summed E-state index contributed by atoms with van der Waals surface area (Å²) in [5.41, 5.74) is -3.60. The van der Waals surface area contributed by atoms with Gasteiger partial charge in [-0.25, -0.2) is 0 Å². The maximum atomic E-state index is 13.8. The van der Waals surface area contributed by atoms with Crippen molar-refractivity contribution in [3.8, 4) is 0 Å². The van der Waals surface area contributed by atoms with Gasteiger partial charge in [-0.05, 0) is 43.8 Å². The number of aliphatic hydroxyl groups is 4. The summed E-state index contributed by atoms with van der Waals surface area (Å²) in [5, 5.41) is 45.4. The summed E-state index contributed by atoms with van der Waals surface area (Å²) in [5.74, 6) is -1.26. The lowest BCUT2D eigenvalue weighted by Gasteiger charge is -2.72. The third-order valence-corrected chi connectivity index (χ3v) is 10.00. The normalized spacial score (nSPS) is 56.7. The third-order valence-electron chi connectivity index (χ3n) is 10.00. The molecule has 0 radical (unpaired) electrons. The zero-order valence-electron chi connectivity index (χ0n) is 18.6. The van der Waals surface area contributed by atoms with Gasteiger partial charge in [0.1, 0.15) is 6.10 Å². The van der Waals surface area contributed by atoms with Crippen molar-refractivity contribution in [1.82, 2.24) is 0 Å². The molecule has 2 bridgehead atoms. The van der Waals surface area contributed by atoms with E-state index in [1.165, 1.54) is 0 Å². The number of fused-ring (bicyclic) bond motifs is 5. The second-order valence-electron chi connectivity index (χ2n) is 11.3.